The van der Waals surface area contributed by atoms with Crippen molar-refractivity contribution in [2.45, 2.75) is 38.1 Å². The second-order valence-electron chi connectivity index (χ2n) is 6.15. The van der Waals surface area contributed by atoms with Crippen LogP contribution in [-0.4, -0.2) is 28.7 Å². The van der Waals surface area contributed by atoms with Crippen LogP contribution in [0.15, 0.2) is 29.4 Å². The maximum atomic E-state index is 12.8. The number of benzene rings is 1. The monoisotopic (exact) mass is 390 g/mol. The zero-order valence-electron chi connectivity index (χ0n) is 12.5. The quantitative estimate of drug-likeness (QED) is 0.763. The average molecular weight is 391 g/mol. The van der Waals surface area contributed by atoms with Gasteiger partial charge in [-0.15, -0.1) is 0 Å². The van der Waals surface area contributed by atoms with E-state index in [0.29, 0.717) is 18.0 Å². The molecule has 2 aliphatic heterocycles. The first kappa shape index (κ1) is 16.8. The van der Waals surface area contributed by atoms with Crippen molar-refractivity contribution in [3.05, 3.63) is 35.4 Å². The maximum Gasteiger partial charge on any atom is 0.416 e. The van der Waals surface area contributed by atoms with Crippen LogP contribution < -0.4 is 0 Å². The fourth-order valence-corrected chi connectivity index (χ4v) is 3.66. The molecule has 1 saturated heterocycles. The van der Waals surface area contributed by atoms with Gasteiger partial charge in [0.25, 0.3) is 0 Å². The van der Waals surface area contributed by atoms with Crippen LogP contribution in [0.2, 0.25) is 0 Å². The summed E-state index contributed by atoms with van der Waals surface area (Å²) < 4.78 is 39.2. The molecule has 0 unspecified atom stereocenters. The first-order chi connectivity index (χ1) is 10.9. The molecule has 0 saturated carbocycles. The molecule has 0 bridgehead atoms. The average Bonchev–Trinajstić information content (AvgIpc) is 2.94. The summed E-state index contributed by atoms with van der Waals surface area (Å²) in [5.74, 6) is 0.369. The van der Waals surface area contributed by atoms with Crippen molar-refractivity contribution in [2.75, 3.05) is 13.1 Å². The molecule has 2 atom stereocenters. The molecule has 3 rings (SSSR count). The van der Waals surface area contributed by atoms with Crippen LogP contribution in [0.5, 0.6) is 0 Å². The highest BCUT2D eigenvalue weighted by Gasteiger charge is 2.33. The van der Waals surface area contributed by atoms with E-state index in [0.717, 1.165) is 43.0 Å². The Hall–Kier alpha value is -1.08. The number of oxime groups is 1. The molecule has 0 amide bonds. The Labute approximate surface area is 141 Å². The zero-order chi connectivity index (χ0) is 16.4. The molecule has 0 N–H and O–H groups in total. The van der Waals surface area contributed by atoms with E-state index in [4.69, 9.17) is 4.84 Å². The van der Waals surface area contributed by atoms with Gasteiger partial charge < -0.3 is 4.84 Å². The molecule has 0 aromatic heterocycles. The Balaban J connectivity index is 1.62. The van der Waals surface area contributed by atoms with E-state index in [-0.39, 0.29) is 6.10 Å². The number of alkyl halides is 3. The van der Waals surface area contributed by atoms with E-state index in [2.05, 4.69) is 26.0 Å². The molecular formula is C16H18BrF3N2O. The minimum atomic E-state index is -4.29. The van der Waals surface area contributed by atoms with Crippen molar-refractivity contribution in [3.63, 3.8) is 0 Å². The van der Waals surface area contributed by atoms with Crippen molar-refractivity contribution < 1.29 is 18.0 Å². The van der Waals surface area contributed by atoms with E-state index in [9.17, 15) is 13.2 Å². The summed E-state index contributed by atoms with van der Waals surface area (Å²) >= 11 is 3.35. The predicted molar refractivity (Wildman–Crippen MR) is 85.3 cm³/mol. The smallest absolute Gasteiger partial charge is 0.391 e. The number of halogens is 4. The number of piperidine rings is 1. The highest BCUT2D eigenvalue weighted by molar-refractivity contribution is 9.18. The third kappa shape index (κ3) is 4.26. The van der Waals surface area contributed by atoms with Gasteiger partial charge in [-0.1, -0.05) is 23.4 Å². The molecule has 2 aliphatic rings. The number of hydrogen-bond donors (Lipinski definition) is 0. The van der Waals surface area contributed by atoms with Crippen LogP contribution in [0.25, 0.3) is 0 Å². The largest absolute Gasteiger partial charge is 0.416 e. The third-order valence-electron chi connectivity index (χ3n) is 4.39. The van der Waals surface area contributed by atoms with Crippen molar-refractivity contribution in [1.29, 1.82) is 0 Å². The minimum absolute atomic E-state index is 0.0775. The third-order valence-corrected chi connectivity index (χ3v) is 4.85. The van der Waals surface area contributed by atoms with Gasteiger partial charge in [-0.25, -0.2) is 0 Å². The maximum absolute atomic E-state index is 12.8. The fraction of sp³-hybridized carbons (Fsp3) is 0.562. The summed E-state index contributed by atoms with van der Waals surface area (Å²) in [6, 6.07) is 5.59. The Morgan fingerprint density at radius 2 is 2.17 bits per heavy atom. The van der Waals surface area contributed by atoms with Crippen LogP contribution in [0.1, 0.15) is 30.4 Å². The second-order valence-corrected chi connectivity index (χ2v) is 7.07. The van der Waals surface area contributed by atoms with Gasteiger partial charge >= 0.3 is 6.18 Å². The normalized spacial score (nSPS) is 26.0. The van der Waals surface area contributed by atoms with E-state index in [1.54, 1.807) is 6.07 Å². The summed E-state index contributed by atoms with van der Waals surface area (Å²) in [6.45, 7) is 2.27. The van der Waals surface area contributed by atoms with Crippen molar-refractivity contribution in [3.8, 4) is 0 Å². The van der Waals surface area contributed by atoms with E-state index >= 15 is 0 Å². The van der Waals surface area contributed by atoms with Crippen molar-refractivity contribution >= 4 is 20.6 Å². The summed E-state index contributed by atoms with van der Waals surface area (Å²) in [7, 11) is 0. The number of rotatable bonds is 3. The van der Waals surface area contributed by atoms with Gasteiger partial charge in [0.1, 0.15) is 10.7 Å². The Kier molecular flexibility index (Phi) is 4.96. The van der Waals surface area contributed by atoms with E-state index in [1.165, 1.54) is 12.1 Å². The lowest BCUT2D eigenvalue weighted by Gasteiger charge is -2.34. The second kappa shape index (κ2) is 6.81. The van der Waals surface area contributed by atoms with Gasteiger partial charge in [0, 0.05) is 25.4 Å². The van der Waals surface area contributed by atoms with Crippen LogP contribution in [0, 0.1) is 5.92 Å². The summed E-state index contributed by atoms with van der Waals surface area (Å²) in [5, 5.41) is 3.93. The molecule has 0 aliphatic carbocycles. The SMILES string of the molecule is FC(F)(F)c1cccc(CN2CCC[C@H]([C@@H]3CC(Br)=NO3)C2)c1. The topological polar surface area (TPSA) is 24.8 Å². The van der Waals surface area contributed by atoms with Gasteiger partial charge in [-0.05, 0) is 46.9 Å². The summed E-state index contributed by atoms with van der Waals surface area (Å²) in [6.07, 6.45) is -1.33. The Bertz CT molecular complexity index is 591. The lowest BCUT2D eigenvalue weighted by Crippen LogP contribution is -2.40. The molecular weight excluding hydrogens is 373 g/mol. The predicted octanol–water partition coefficient (Wildman–Crippen LogP) is 4.41. The van der Waals surface area contributed by atoms with Crippen LogP contribution in [-0.2, 0) is 17.6 Å². The first-order valence-electron chi connectivity index (χ1n) is 7.68. The number of hydrogen-bond acceptors (Lipinski definition) is 3. The molecule has 0 radical (unpaired) electrons. The van der Waals surface area contributed by atoms with Gasteiger partial charge in [-0.3, -0.25) is 4.90 Å². The zero-order valence-corrected chi connectivity index (χ0v) is 14.1. The van der Waals surface area contributed by atoms with Gasteiger partial charge in [-0.2, -0.15) is 13.2 Å². The first-order valence-corrected chi connectivity index (χ1v) is 8.48. The molecule has 3 nitrogen and oxygen atoms in total. The standard InChI is InChI=1S/C16H18BrF3N2O/c17-15-8-14(23-21-15)12-4-2-6-22(10-12)9-11-3-1-5-13(7-11)16(18,19)20/h1,3,5,7,12,14H,2,4,6,8-10H2/t12-,14-/m0/s1. The van der Waals surface area contributed by atoms with Gasteiger partial charge in [0.05, 0.1) is 5.56 Å². The summed E-state index contributed by atoms with van der Waals surface area (Å²) in [5.41, 5.74) is 0.116. The molecule has 1 fully saturated rings. The molecule has 0 spiro atoms. The highest BCUT2D eigenvalue weighted by Crippen LogP contribution is 2.31. The van der Waals surface area contributed by atoms with Crippen molar-refractivity contribution in [1.82, 2.24) is 4.90 Å². The lowest BCUT2D eigenvalue weighted by molar-refractivity contribution is -0.137. The van der Waals surface area contributed by atoms with E-state index in [1.807, 2.05) is 0 Å². The minimum Gasteiger partial charge on any atom is -0.391 e. The Morgan fingerprint density at radius 1 is 1.35 bits per heavy atom. The molecule has 23 heavy (non-hydrogen) atoms. The Morgan fingerprint density at radius 3 is 2.87 bits per heavy atom. The fourth-order valence-electron chi connectivity index (χ4n) is 3.26. The number of likely N-dealkylation sites (tertiary alicyclic amines) is 1. The molecule has 2 heterocycles. The van der Waals surface area contributed by atoms with Gasteiger partial charge in [0.2, 0.25) is 0 Å². The van der Waals surface area contributed by atoms with Crippen LogP contribution in [0.3, 0.4) is 0 Å². The molecule has 7 heteroatoms. The van der Waals surface area contributed by atoms with Crippen molar-refractivity contribution in [2.24, 2.45) is 11.1 Å². The van der Waals surface area contributed by atoms with Crippen LogP contribution >= 0.6 is 15.9 Å². The summed E-state index contributed by atoms with van der Waals surface area (Å²) in [4.78, 5) is 7.64. The van der Waals surface area contributed by atoms with Crippen LogP contribution in [0.4, 0.5) is 13.2 Å². The number of nitrogens with zero attached hydrogens (tertiary/aromatic N) is 2. The van der Waals surface area contributed by atoms with E-state index < -0.39 is 11.7 Å². The lowest BCUT2D eigenvalue weighted by atomic mass is 9.91. The molecule has 1 aromatic rings. The molecule has 1 aromatic carbocycles. The molecule has 126 valence electrons. The highest BCUT2D eigenvalue weighted by atomic mass is 79.9. The van der Waals surface area contributed by atoms with Gasteiger partial charge in [0.15, 0.2) is 0 Å².